The quantitative estimate of drug-likeness (QED) is 0.842. The van der Waals surface area contributed by atoms with E-state index in [1.165, 1.54) is 11.6 Å². The zero-order chi connectivity index (χ0) is 15.6. The summed E-state index contributed by atoms with van der Waals surface area (Å²) in [5.41, 5.74) is 4.05. The molecular weight excluding hydrogens is 268 g/mol. The molecule has 0 saturated heterocycles. The predicted octanol–water partition coefficient (Wildman–Crippen LogP) is 1.76. The van der Waals surface area contributed by atoms with Crippen molar-refractivity contribution in [1.29, 1.82) is 0 Å². The number of hydrogen-bond acceptors (Lipinski definition) is 3. The summed E-state index contributed by atoms with van der Waals surface area (Å²) in [6.07, 6.45) is 0. The summed E-state index contributed by atoms with van der Waals surface area (Å²) in [4.78, 5) is 1.97. The lowest BCUT2D eigenvalue weighted by molar-refractivity contribution is 0.425. The van der Waals surface area contributed by atoms with Gasteiger partial charge in [0.05, 0.1) is 0 Å². The second kappa shape index (κ2) is 6.29. The van der Waals surface area contributed by atoms with Crippen LogP contribution in [0.3, 0.4) is 0 Å². The smallest absolute Gasteiger partial charge is 0.423 e. The van der Waals surface area contributed by atoms with Gasteiger partial charge in [-0.15, -0.1) is 0 Å². The van der Waals surface area contributed by atoms with Crippen LogP contribution >= 0.6 is 0 Å². The molecule has 0 aromatic heterocycles. The first kappa shape index (κ1) is 15.5. The maximum Gasteiger partial charge on any atom is 0.488 e. The lowest BCUT2D eigenvalue weighted by Gasteiger charge is -2.22. The standard InChI is InChI=1S/C16H19BFNO2/c1-11-4-7-16(12(2)8-11)19(3)10-13-5-6-14(17(20)21)9-15(13)18/h4-9,20-21H,10H2,1-3H3. The molecular formula is C16H19BFNO2. The van der Waals surface area contributed by atoms with E-state index < -0.39 is 12.9 Å². The Labute approximate surface area is 124 Å². The molecule has 2 aromatic rings. The number of aryl methyl sites for hydroxylation is 2. The van der Waals surface area contributed by atoms with E-state index in [9.17, 15) is 4.39 Å². The summed E-state index contributed by atoms with van der Waals surface area (Å²) in [6, 6.07) is 10.4. The minimum absolute atomic E-state index is 0.158. The van der Waals surface area contributed by atoms with Crippen molar-refractivity contribution in [1.82, 2.24) is 0 Å². The van der Waals surface area contributed by atoms with Gasteiger partial charge >= 0.3 is 7.12 Å². The lowest BCUT2D eigenvalue weighted by Crippen LogP contribution is -2.30. The number of anilines is 1. The van der Waals surface area contributed by atoms with Crippen molar-refractivity contribution in [2.24, 2.45) is 0 Å². The van der Waals surface area contributed by atoms with Gasteiger partial charge in [-0.3, -0.25) is 0 Å². The molecule has 110 valence electrons. The summed E-state index contributed by atoms with van der Waals surface area (Å²) in [5.74, 6) is -0.433. The van der Waals surface area contributed by atoms with E-state index >= 15 is 0 Å². The molecule has 2 N–H and O–H groups in total. The van der Waals surface area contributed by atoms with E-state index in [1.54, 1.807) is 6.07 Å². The molecule has 0 aliphatic rings. The van der Waals surface area contributed by atoms with Crippen molar-refractivity contribution < 1.29 is 14.4 Å². The van der Waals surface area contributed by atoms with Gasteiger partial charge in [-0.2, -0.15) is 0 Å². The molecule has 0 saturated carbocycles. The fraction of sp³-hybridized carbons (Fsp3) is 0.250. The molecule has 5 heteroatoms. The molecule has 0 amide bonds. The molecule has 2 rings (SSSR count). The highest BCUT2D eigenvalue weighted by Gasteiger charge is 2.14. The zero-order valence-corrected chi connectivity index (χ0v) is 12.5. The van der Waals surface area contributed by atoms with Crippen LogP contribution in [0.2, 0.25) is 0 Å². The van der Waals surface area contributed by atoms with Crippen LogP contribution in [0.1, 0.15) is 16.7 Å². The summed E-state index contributed by atoms with van der Waals surface area (Å²) < 4.78 is 14.0. The summed E-state index contributed by atoms with van der Waals surface area (Å²) >= 11 is 0. The third-order valence-corrected chi connectivity index (χ3v) is 3.55. The number of halogens is 1. The molecule has 3 nitrogen and oxygen atoms in total. The zero-order valence-electron chi connectivity index (χ0n) is 12.5. The van der Waals surface area contributed by atoms with E-state index in [4.69, 9.17) is 10.0 Å². The lowest BCUT2D eigenvalue weighted by atomic mass is 9.80. The highest BCUT2D eigenvalue weighted by molar-refractivity contribution is 6.58. The maximum atomic E-state index is 14.0. The monoisotopic (exact) mass is 287 g/mol. The average Bonchev–Trinajstić information content (AvgIpc) is 2.40. The molecule has 0 unspecified atom stereocenters. The first-order valence-electron chi connectivity index (χ1n) is 6.81. The van der Waals surface area contributed by atoms with Gasteiger partial charge in [0.15, 0.2) is 0 Å². The van der Waals surface area contributed by atoms with Gasteiger partial charge in [0, 0.05) is 24.8 Å². The third-order valence-electron chi connectivity index (χ3n) is 3.55. The SMILES string of the molecule is Cc1ccc(N(C)Cc2ccc(B(O)O)cc2F)c(C)c1. The second-order valence-electron chi connectivity index (χ2n) is 5.37. The van der Waals surface area contributed by atoms with Crippen LogP contribution in [0.25, 0.3) is 0 Å². The van der Waals surface area contributed by atoms with Gasteiger partial charge in [0.25, 0.3) is 0 Å². The number of hydrogen-bond donors (Lipinski definition) is 2. The topological polar surface area (TPSA) is 43.7 Å². The Hall–Kier alpha value is -1.85. The molecule has 0 atom stereocenters. The summed E-state index contributed by atoms with van der Waals surface area (Å²) in [7, 11) is 0.261. The first-order chi connectivity index (χ1) is 9.88. The molecule has 0 fully saturated rings. The minimum atomic E-state index is -1.65. The number of benzene rings is 2. The van der Waals surface area contributed by atoms with Crippen LogP contribution < -0.4 is 10.4 Å². The van der Waals surface area contributed by atoms with E-state index in [-0.39, 0.29) is 5.46 Å². The van der Waals surface area contributed by atoms with Crippen molar-refractivity contribution >= 4 is 18.3 Å². The molecule has 0 heterocycles. The summed E-state index contributed by atoms with van der Waals surface area (Å²) in [6.45, 7) is 4.48. The number of rotatable bonds is 4. The first-order valence-corrected chi connectivity index (χ1v) is 6.81. The van der Waals surface area contributed by atoms with Gasteiger partial charge < -0.3 is 14.9 Å². The Morgan fingerprint density at radius 2 is 1.81 bits per heavy atom. The fourth-order valence-electron chi connectivity index (χ4n) is 2.43. The normalized spacial score (nSPS) is 10.6. The largest absolute Gasteiger partial charge is 0.488 e. The minimum Gasteiger partial charge on any atom is -0.423 e. The van der Waals surface area contributed by atoms with E-state index in [0.29, 0.717) is 12.1 Å². The third kappa shape index (κ3) is 3.62. The van der Waals surface area contributed by atoms with Crippen LogP contribution in [0.4, 0.5) is 10.1 Å². The maximum absolute atomic E-state index is 14.0. The van der Waals surface area contributed by atoms with Gasteiger partial charge in [-0.25, -0.2) is 4.39 Å². The van der Waals surface area contributed by atoms with Crippen molar-refractivity contribution in [3.8, 4) is 0 Å². The Bertz CT molecular complexity index is 646. The van der Waals surface area contributed by atoms with E-state index in [0.717, 1.165) is 17.3 Å². The molecule has 0 bridgehead atoms. The van der Waals surface area contributed by atoms with Gasteiger partial charge in [-0.1, -0.05) is 29.8 Å². The molecule has 0 aliphatic heterocycles. The van der Waals surface area contributed by atoms with Gasteiger partial charge in [0.1, 0.15) is 5.82 Å². The Kier molecular flexibility index (Phi) is 4.65. The molecule has 0 spiro atoms. The summed E-state index contributed by atoms with van der Waals surface area (Å²) in [5, 5.41) is 18.1. The fourth-order valence-corrected chi connectivity index (χ4v) is 2.43. The molecule has 21 heavy (non-hydrogen) atoms. The Balaban J connectivity index is 2.21. The van der Waals surface area contributed by atoms with E-state index in [2.05, 4.69) is 6.07 Å². The van der Waals surface area contributed by atoms with Gasteiger partial charge in [-0.05, 0) is 37.0 Å². The van der Waals surface area contributed by atoms with Crippen LogP contribution in [0.5, 0.6) is 0 Å². The highest BCUT2D eigenvalue weighted by Crippen LogP contribution is 2.22. The van der Waals surface area contributed by atoms with Crippen molar-refractivity contribution in [2.75, 3.05) is 11.9 Å². The molecule has 0 radical (unpaired) electrons. The van der Waals surface area contributed by atoms with Crippen molar-refractivity contribution in [2.45, 2.75) is 20.4 Å². The number of nitrogens with zero attached hydrogens (tertiary/aromatic N) is 1. The predicted molar refractivity (Wildman–Crippen MR) is 84.2 cm³/mol. The second-order valence-corrected chi connectivity index (χ2v) is 5.37. The van der Waals surface area contributed by atoms with E-state index in [1.807, 2.05) is 37.9 Å². The Morgan fingerprint density at radius 3 is 2.38 bits per heavy atom. The highest BCUT2D eigenvalue weighted by atomic mass is 19.1. The Morgan fingerprint density at radius 1 is 1.10 bits per heavy atom. The van der Waals surface area contributed by atoms with Crippen molar-refractivity contribution in [3.63, 3.8) is 0 Å². The van der Waals surface area contributed by atoms with Crippen LogP contribution in [-0.4, -0.2) is 24.2 Å². The van der Waals surface area contributed by atoms with Gasteiger partial charge in [0.2, 0.25) is 0 Å². The molecule has 0 aliphatic carbocycles. The molecule has 2 aromatic carbocycles. The average molecular weight is 287 g/mol. The van der Waals surface area contributed by atoms with Crippen LogP contribution in [0.15, 0.2) is 36.4 Å². The van der Waals surface area contributed by atoms with Crippen LogP contribution in [0, 0.1) is 19.7 Å². The van der Waals surface area contributed by atoms with Crippen molar-refractivity contribution in [3.05, 3.63) is 58.9 Å². The van der Waals surface area contributed by atoms with Crippen LogP contribution in [-0.2, 0) is 6.54 Å².